The van der Waals surface area contributed by atoms with E-state index in [-0.39, 0.29) is 0 Å². The van der Waals surface area contributed by atoms with Crippen LogP contribution < -0.4 is 0 Å². The second kappa shape index (κ2) is 23.5. The smallest absolute Gasteiger partial charge is 0.392 e. The van der Waals surface area contributed by atoms with E-state index in [1.165, 1.54) is 10.8 Å². The lowest BCUT2D eigenvalue weighted by molar-refractivity contribution is 0.966. The first kappa shape index (κ1) is 61.0. The Morgan fingerprint density at radius 2 is 0.396 bits per heavy atom. The van der Waals surface area contributed by atoms with Crippen molar-refractivity contribution in [3.05, 3.63) is 255 Å². The van der Waals surface area contributed by atoms with Crippen molar-refractivity contribution in [3.8, 4) is 91.1 Å². The van der Waals surface area contributed by atoms with E-state index >= 15 is 0 Å². The normalized spacial score (nSPS) is 12.2. The molecule has 0 unspecified atom stereocenters. The van der Waals surface area contributed by atoms with Crippen molar-refractivity contribution < 1.29 is 0 Å². The lowest BCUT2D eigenvalue weighted by Gasteiger charge is -2.06. The van der Waals surface area contributed by atoms with Crippen LogP contribution in [-0.2, 0) is 14.1 Å². The van der Waals surface area contributed by atoms with Gasteiger partial charge in [-0.3, -0.25) is 0 Å². The molecule has 6 aromatic heterocycles. The van der Waals surface area contributed by atoms with Gasteiger partial charge in [0.15, 0.2) is 46.6 Å². The highest BCUT2D eigenvalue weighted by Crippen LogP contribution is 2.44. The fraction of sp³-hybridized carbons (Fsp3) is 0.0233. The molecule has 4 aliphatic rings. The Bertz CT molecular complexity index is 7350. The predicted octanol–water partition coefficient (Wildman–Crippen LogP) is 19.2. The summed E-state index contributed by atoms with van der Waals surface area (Å²) in [7, 11) is 18.0. The Hall–Kier alpha value is -12.5. The molecule has 106 heavy (non-hydrogen) atoms. The molecule has 0 saturated heterocycles. The quantitative estimate of drug-likeness (QED) is 0.118. The molecule has 0 radical (unpaired) electrons. The third-order valence-electron chi connectivity index (χ3n) is 21.1. The molecule has 16 bridgehead atoms. The van der Waals surface area contributed by atoms with Gasteiger partial charge in [0.25, 0.3) is 0 Å². The highest BCUT2D eigenvalue weighted by Gasteiger charge is 2.29. The number of hydrogen-bond donors (Lipinski definition) is 0. The second-order valence-corrected chi connectivity index (χ2v) is 30.3. The molecular weight excluding hydrogens is 1380 g/mol. The first-order chi connectivity index (χ1) is 52.2. The molecule has 4 aliphatic heterocycles. The van der Waals surface area contributed by atoms with Gasteiger partial charge in [-0.15, -0.1) is 0 Å². The fourth-order valence-electron chi connectivity index (χ4n) is 16.0. The van der Waals surface area contributed by atoms with Crippen LogP contribution in [0.1, 0.15) is 0 Å². The fourth-order valence-corrected chi connectivity index (χ4v) is 18.8. The summed E-state index contributed by atoms with van der Waals surface area (Å²) in [5.41, 5.74) is 13.3. The third kappa shape index (κ3) is 9.33. The van der Waals surface area contributed by atoms with E-state index < -0.39 is 29.0 Å². The maximum Gasteiger partial charge on any atom is 0.527 e. The van der Waals surface area contributed by atoms with Crippen LogP contribution in [0.2, 0.25) is 0 Å². The first-order valence-corrected chi connectivity index (χ1v) is 40.4. The highest BCUT2D eigenvalue weighted by atomic mass is 35.6. The first-order valence-electron chi connectivity index (χ1n) is 34.9. The molecule has 0 atom stereocenters. The van der Waals surface area contributed by atoms with Crippen LogP contribution in [0.4, 0.5) is 0 Å². The number of hydrogen-bond acceptors (Lipinski definition) is 12. The molecule has 23 rings (SSSR count). The zero-order chi connectivity index (χ0) is 70.2. The van der Waals surface area contributed by atoms with Gasteiger partial charge in [0.2, 0.25) is 0 Å². The van der Waals surface area contributed by atoms with Crippen molar-refractivity contribution in [1.29, 1.82) is 0 Å². The number of benzene rings is 13. The molecule has 0 saturated carbocycles. The number of fused-ring (bicyclic) bond motifs is 45. The standard InChI is InChI=1S/C45H25N8.C41H23N8.2Al.2ClH.2H/c1-53-44-30-16-8-9-17-31(30)45(53)52-43-37-23-29-15-7-5-13-27(29)21-35(37)41(50-43)48-39-33-19-25-11-3-2-10-24(25)18-32(33)38(46-39)47-40-34-20-26-12-4-6-14-28(26)22-36(34)42(49-40)51-44;1-49-40-30-16-8-9-17-31(30)41(49)48-39-33-21-25-19-23-11-3-2-10-22(23)18-24(25)20-32(33)38(46-39)45-36-27-13-5-4-12-26(27)34(43-36)42-35-28-14-6-7-15-29(28)37(44-35)47-40;;;;;;/h2-23H,1H3;2-21H,1H3;;;2*1H;;/q2*-1;2*+2;;;;/p-2. The van der Waals surface area contributed by atoms with E-state index in [0.29, 0.717) is 46.6 Å². The SMILES string of the molecule is Cn1c2nc3nc(nc4c5cc6ccccc6cc5c(nc5nc(nc1c1ccccc12)-c1cc2ccccc2cc1-5)[n]4[AlH][Cl])-c1cc2ccccc2cc1-3.Cn1c2nc3nc(nc4c5ccccc5c(nc5nc(nc1c1ccccc12)-c1cc2cc6ccccc6cc2cc1-5)[n]4[AlH][Cl])-c1ccccc1-3. The van der Waals surface area contributed by atoms with Gasteiger partial charge < -0.3 is 16.2 Å². The van der Waals surface area contributed by atoms with Gasteiger partial charge in [0, 0.05) is 102 Å². The molecule has 0 amide bonds. The summed E-state index contributed by atoms with van der Waals surface area (Å²) in [5, 5.41) is 18.9. The third-order valence-corrected chi connectivity index (χ3v) is 24.2. The van der Waals surface area contributed by atoms with Gasteiger partial charge in [0.1, 0.15) is 45.2 Å². The van der Waals surface area contributed by atoms with E-state index in [9.17, 15) is 0 Å². The maximum atomic E-state index is 7.07. The van der Waals surface area contributed by atoms with Crippen LogP contribution in [0.15, 0.2) is 255 Å². The molecule has 16 nitrogen and oxygen atoms in total. The van der Waals surface area contributed by atoms with Crippen molar-refractivity contribution in [2.75, 3.05) is 0 Å². The Morgan fingerprint density at radius 1 is 0.198 bits per heavy atom. The van der Waals surface area contributed by atoms with Crippen LogP contribution in [0.25, 0.3) is 233 Å². The minimum Gasteiger partial charge on any atom is -0.392 e. The minimum atomic E-state index is -1.44. The largest absolute Gasteiger partial charge is 0.527 e. The number of aryl methyl sites for hydroxylation is 2. The van der Waals surface area contributed by atoms with E-state index in [1.54, 1.807) is 0 Å². The Kier molecular flexibility index (Phi) is 13.5. The summed E-state index contributed by atoms with van der Waals surface area (Å²) in [5.74, 6) is 4.73. The van der Waals surface area contributed by atoms with Crippen molar-refractivity contribution in [3.63, 3.8) is 0 Å². The van der Waals surface area contributed by atoms with Crippen molar-refractivity contribution in [1.82, 2.24) is 76.0 Å². The summed E-state index contributed by atoms with van der Waals surface area (Å²) in [6, 6.07) is 88.3. The number of rotatable bonds is 2. The lowest BCUT2D eigenvalue weighted by Crippen LogP contribution is -2.01. The van der Waals surface area contributed by atoms with E-state index in [4.69, 9.17) is 79.9 Å². The highest BCUT2D eigenvalue weighted by molar-refractivity contribution is 6.93. The monoisotopic (exact) mass is 1430 g/mol. The van der Waals surface area contributed by atoms with Crippen LogP contribution in [0.5, 0.6) is 0 Å². The molecule has 13 aromatic carbocycles. The van der Waals surface area contributed by atoms with Crippen LogP contribution >= 0.6 is 20.1 Å². The Morgan fingerprint density at radius 3 is 0.670 bits per heavy atom. The Labute approximate surface area is 622 Å². The van der Waals surface area contributed by atoms with Gasteiger partial charge in [-0.2, -0.15) is 0 Å². The molecule has 10 heterocycles. The average Bonchev–Trinajstić information content (AvgIpc) is 1.58. The molecule has 0 aliphatic carbocycles. The van der Waals surface area contributed by atoms with Crippen molar-refractivity contribution in [2.45, 2.75) is 0 Å². The molecule has 20 heteroatoms. The molecule has 0 spiro atoms. The summed E-state index contributed by atoms with van der Waals surface area (Å²) >= 11 is -2.81. The van der Waals surface area contributed by atoms with Gasteiger partial charge in [0.05, 0.1) is 0 Å². The van der Waals surface area contributed by atoms with Crippen LogP contribution in [-0.4, -0.2) is 105 Å². The molecule has 494 valence electrons. The maximum absolute atomic E-state index is 7.07. The summed E-state index contributed by atoms with van der Waals surface area (Å²) < 4.78 is 8.25. The zero-order valence-electron chi connectivity index (χ0n) is 56.6. The molecule has 0 N–H and O–H groups in total. The lowest BCUT2D eigenvalue weighted by atomic mass is 9.98. The topological polar surface area (TPSA) is 174 Å². The van der Waals surface area contributed by atoms with Gasteiger partial charge in [-0.05, 0) is 115 Å². The Balaban J connectivity index is 0.000000133. The second-order valence-electron chi connectivity index (χ2n) is 27.1. The van der Waals surface area contributed by atoms with Crippen molar-refractivity contribution in [2.24, 2.45) is 14.1 Å². The molecule has 0 fully saturated rings. The number of halogens is 2. The summed E-state index contributed by atoms with van der Waals surface area (Å²) in [6.07, 6.45) is 0. The summed E-state index contributed by atoms with van der Waals surface area (Å²) in [4.78, 5) is 63.5. The minimum absolute atomic E-state index is 0.583. The van der Waals surface area contributed by atoms with E-state index in [2.05, 4.69) is 201 Å². The molecule has 19 aromatic rings. The van der Waals surface area contributed by atoms with Crippen LogP contribution in [0, 0.1) is 0 Å². The van der Waals surface area contributed by atoms with Crippen molar-refractivity contribution >= 4 is 191 Å². The average molecular weight is 1430 g/mol. The van der Waals surface area contributed by atoms with Gasteiger partial charge >= 0.3 is 29.0 Å². The van der Waals surface area contributed by atoms with Gasteiger partial charge in [-0.25, -0.2) is 79.9 Å². The zero-order valence-corrected chi connectivity index (χ0v) is 60.9. The molecular formula is C86H50Al2Cl2N16. The summed E-state index contributed by atoms with van der Waals surface area (Å²) in [6.45, 7) is 0. The van der Waals surface area contributed by atoms with E-state index in [0.717, 1.165) is 176 Å². The predicted molar refractivity (Wildman–Crippen MR) is 433 cm³/mol. The van der Waals surface area contributed by atoms with Crippen LogP contribution in [0.3, 0.4) is 0 Å². The number of aromatic nitrogens is 16. The van der Waals surface area contributed by atoms with Gasteiger partial charge in [-0.1, -0.05) is 194 Å². The van der Waals surface area contributed by atoms with E-state index in [1.807, 2.05) is 83.9 Å². The number of nitrogens with zero attached hydrogens (tertiary/aromatic N) is 16.